The van der Waals surface area contributed by atoms with E-state index in [4.69, 9.17) is 0 Å². The highest BCUT2D eigenvalue weighted by Crippen LogP contribution is 2.46. The lowest BCUT2D eigenvalue weighted by Gasteiger charge is -2.29. The molecule has 0 fully saturated rings. The van der Waals surface area contributed by atoms with E-state index in [9.17, 15) is 0 Å². The predicted molar refractivity (Wildman–Crippen MR) is 221 cm³/mol. The van der Waals surface area contributed by atoms with E-state index in [1.165, 1.54) is 60.1 Å². The highest BCUT2D eigenvalue weighted by Gasteiger charge is 2.22. The zero-order valence-corrected chi connectivity index (χ0v) is 28.5. The third-order valence-corrected chi connectivity index (χ3v) is 10.4. The van der Waals surface area contributed by atoms with E-state index in [2.05, 4.69) is 216 Å². The summed E-state index contributed by atoms with van der Waals surface area (Å²) in [4.78, 5) is 2.45. The summed E-state index contributed by atoms with van der Waals surface area (Å²) in [6.07, 6.45) is 0. The van der Waals surface area contributed by atoms with Crippen LogP contribution >= 0.6 is 0 Å². The average molecular weight is 663 g/mol. The van der Waals surface area contributed by atoms with E-state index in [1.807, 2.05) is 0 Å². The number of rotatable bonds is 6. The van der Waals surface area contributed by atoms with E-state index in [-0.39, 0.29) is 0 Å². The SMILES string of the molecule is c1ccc(-c2ccccc2N(c2ccc3c4ccccc4n(-c4ccccc4-c4cccc5ccccc45)c3c2)c2cccc3ccccc23)cc1. The van der Waals surface area contributed by atoms with Gasteiger partial charge >= 0.3 is 0 Å². The van der Waals surface area contributed by atoms with Gasteiger partial charge in [0.25, 0.3) is 0 Å². The second-order valence-electron chi connectivity index (χ2n) is 13.3. The third kappa shape index (κ3) is 4.88. The maximum absolute atomic E-state index is 2.47. The molecule has 1 aromatic heterocycles. The van der Waals surface area contributed by atoms with Crippen LogP contribution in [0.15, 0.2) is 206 Å². The van der Waals surface area contributed by atoms with Crippen molar-refractivity contribution in [2.24, 2.45) is 0 Å². The van der Waals surface area contributed by atoms with Crippen LogP contribution in [0.5, 0.6) is 0 Å². The zero-order chi connectivity index (χ0) is 34.4. The van der Waals surface area contributed by atoms with Gasteiger partial charge in [0.1, 0.15) is 0 Å². The number of anilines is 3. The molecular weight excluding hydrogens is 629 g/mol. The van der Waals surface area contributed by atoms with Crippen molar-refractivity contribution in [3.8, 4) is 27.9 Å². The van der Waals surface area contributed by atoms with Crippen LogP contribution in [-0.4, -0.2) is 4.57 Å². The molecule has 52 heavy (non-hydrogen) atoms. The molecule has 0 atom stereocenters. The lowest BCUT2D eigenvalue weighted by atomic mass is 9.97. The molecule has 9 aromatic carbocycles. The first kappa shape index (κ1) is 30.0. The lowest BCUT2D eigenvalue weighted by Crippen LogP contribution is -2.12. The van der Waals surface area contributed by atoms with Crippen molar-refractivity contribution in [3.63, 3.8) is 0 Å². The van der Waals surface area contributed by atoms with Gasteiger partial charge < -0.3 is 9.47 Å². The maximum Gasteiger partial charge on any atom is 0.0562 e. The summed E-state index contributed by atoms with van der Waals surface area (Å²) in [5, 5.41) is 7.36. The van der Waals surface area contributed by atoms with Crippen molar-refractivity contribution in [2.45, 2.75) is 0 Å². The third-order valence-electron chi connectivity index (χ3n) is 10.4. The fourth-order valence-corrected chi connectivity index (χ4v) is 8.06. The predicted octanol–water partition coefficient (Wildman–Crippen LogP) is 13.9. The Labute approximate surface area is 303 Å². The van der Waals surface area contributed by atoms with Crippen LogP contribution in [0.3, 0.4) is 0 Å². The molecular formula is C50H34N2. The highest BCUT2D eigenvalue weighted by molar-refractivity contribution is 6.12. The van der Waals surface area contributed by atoms with Gasteiger partial charge in [0, 0.05) is 33.0 Å². The summed E-state index contributed by atoms with van der Waals surface area (Å²) < 4.78 is 2.47. The monoisotopic (exact) mass is 662 g/mol. The number of aromatic nitrogens is 1. The van der Waals surface area contributed by atoms with Crippen molar-refractivity contribution in [2.75, 3.05) is 4.90 Å². The zero-order valence-electron chi connectivity index (χ0n) is 28.5. The number of para-hydroxylation sites is 3. The van der Waals surface area contributed by atoms with Crippen LogP contribution < -0.4 is 4.90 Å². The van der Waals surface area contributed by atoms with Crippen molar-refractivity contribution in [3.05, 3.63) is 206 Å². The van der Waals surface area contributed by atoms with Crippen LogP contribution in [0.2, 0.25) is 0 Å². The van der Waals surface area contributed by atoms with Gasteiger partial charge in [0.05, 0.1) is 28.1 Å². The van der Waals surface area contributed by atoms with E-state index >= 15 is 0 Å². The normalized spacial score (nSPS) is 11.5. The first-order valence-corrected chi connectivity index (χ1v) is 17.9. The molecule has 2 nitrogen and oxygen atoms in total. The Hall–Kier alpha value is -6.90. The highest BCUT2D eigenvalue weighted by atomic mass is 15.1. The molecule has 0 amide bonds. The molecule has 10 rings (SSSR count). The lowest BCUT2D eigenvalue weighted by molar-refractivity contribution is 1.18. The molecule has 0 bridgehead atoms. The number of hydrogen-bond acceptors (Lipinski definition) is 1. The number of benzene rings is 9. The summed E-state index contributed by atoms with van der Waals surface area (Å²) in [6, 6.07) is 74.7. The quantitative estimate of drug-likeness (QED) is 0.172. The Balaban J connectivity index is 1.27. The van der Waals surface area contributed by atoms with Gasteiger partial charge in [-0.05, 0) is 63.7 Å². The van der Waals surface area contributed by atoms with Gasteiger partial charge in [0.15, 0.2) is 0 Å². The topological polar surface area (TPSA) is 8.17 Å². The first-order chi connectivity index (χ1) is 25.8. The molecule has 0 unspecified atom stereocenters. The minimum Gasteiger partial charge on any atom is -0.309 e. The molecule has 10 aromatic rings. The number of nitrogens with zero attached hydrogens (tertiary/aromatic N) is 2. The van der Waals surface area contributed by atoms with Crippen LogP contribution in [0, 0.1) is 0 Å². The Morgan fingerprint density at radius 1 is 0.327 bits per heavy atom. The summed E-state index contributed by atoms with van der Waals surface area (Å²) in [7, 11) is 0. The summed E-state index contributed by atoms with van der Waals surface area (Å²) in [5.74, 6) is 0. The Morgan fingerprint density at radius 2 is 0.885 bits per heavy atom. The van der Waals surface area contributed by atoms with Crippen molar-refractivity contribution < 1.29 is 0 Å². The van der Waals surface area contributed by atoms with Gasteiger partial charge in [-0.15, -0.1) is 0 Å². The molecule has 1 heterocycles. The maximum atomic E-state index is 2.47. The Kier molecular flexibility index (Phi) is 7.18. The molecule has 0 aliphatic rings. The summed E-state index contributed by atoms with van der Waals surface area (Å²) in [6.45, 7) is 0. The minimum absolute atomic E-state index is 1.10. The van der Waals surface area contributed by atoms with Crippen LogP contribution in [-0.2, 0) is 0 Å². The molecule has 0 aliphatic heterocycles. The van der Waals surface area contributed by atoms with Crippen molar-refractivity contribution >= 4 is 60.4 Å². The second kappa shape index (κ2) is 12.5. The molecule has 2 heteroatoms. The number of hydrogen-bond donors (Lipinski definition) is 0. The van der Waals surface area contributed by atoms with E-state index in [0.717, 1.165) is 28.3 Å². The van der Waals surface area contributed by atoms with E-state index in [0.29, 0.717) is 0 Å². The van der Waals surface area contributed by atoms with Crippen LogP contribution in [0.1, 0.15) is 0 Å². The largest absolute Gasteiger partial charge is 0.309 e. The van der Waals surface area contributed by atoms with Crippen LogP contribution in [0.4, 0.5) is 17.1 Å². The molecule has 0 radical (unpaired) electrons. The molecule has 0 aliphatic carbocycles. The fourth-order valence-electron chi connectivity index (χ4n) is 8.06. The van der Waals surface area contributed by atoms with Gasteiger partial charge in [-0.25, -0.2) is 0 Å². The van der Waals surface area contributed by atoms with E-state index in [1.54, 1.807) is 0 Å². The summed E-state index contributed by atoms with van der Waals surface area (Å²) in [5.41, 5.74) is 11.7. The molecule has 0 spiro atoms. The van der Waals surface area contributed by atoms with Gasteiger partial charge in [-0.2, -0.15) is 0 Å². The van der Waals surface area contributed by atoms with Gasteiger partial charge in [0.2, 0.25) is 0 Å². The van der Waals surface area contributed by atoms with Gasteiger partial charge in [-0.3, -0.25) is 0 Å². The van der Waals surface area contributed by atoms with Gasteiger partial charge in [-0.1, -0.05) is 170 Å². The Morgan fingerprint density at radius 3 is 1.73 bits per heavy atom. The smallest absolute Gasteiger partial charge is 0.0562 e. The van der Waals surface area contributed by atoms with Crippen LogP contribution in [0.25, 0.3) is 71.3 Å². The van der Waals surface area contributed by atoms with E-state index < -0.39 is 0 Å². The number of fused-ring (bicyclic) bond motifs is 5. The minimum atomic E-state index is 1.10. The Bertz CT molecular complexity index is 2910. The molecule has 0 saturated heterocycles. The summed E-state index contributed by atoms with van der Waals surface area (Å²) >= 11 is 0. The molecule has 0 saturated carbocycles. The van der Waals surface area contributed by atoms with Crippen molar-refractivity contribution in [1.82, 2.24) is 4.57 Å². The average Bonchev–Trinajstić information content (AvgIpc) is 3.55. The molecule has 244 valence electrons. The fraction of sp³-hybridized carbons (Fsp3) is 0. The molecule has 0 N–H and O–H groups in total. The second-order valence-corrected chi connectivity index (χ2v) is 13.3. The van der Waals surface area contributed by atoms with Crippen molar-refractivity contribution in [1.29, 1.82) is 0 Å². The first-order valence-electron chi connectivity index (χ1n) is 17.9. The standard InChI is InChI=1S/C50H34N2/c1-2-16-36(17-3-1)40-24-8-11-28-46(40)51(47-31-15-21-37-19-5-7-23-41(37)47)38-32-33-45-44-26-10-13-30-49(44)52(50(45)34-38)48-29-12-9-25-43(48)42-27-14-20-35-18-4-6-22-39(35)42/h1-34H.